The number of Topliss-reactive ketones (excluding diaryl/α,β-unsaturated/α-hetero) is 1. The Bertz CT molecular complexity index is 337. The van der Waals surface area contributed by atoms with Gasteiger partial charge in [-0.05, 0) is 0 Å². The fraction of sp³-hybridized carbons (Fsp3) is 0.875. The fourth-order valence-corrected chi connectivity index (χ4v) is 1.63. The Morgan fingerprint density at radius 2 is 1.83 bits per heavy atom. The van der Waals surface area contributed by atoms with E-state index in [1.807, 2.05) is 0 Å². The van der Waals surface area contributed by atoms with E-state index in [2.05, 4.69) is 4.74 Å². The summed E-state index contributed by atoms with van der Waals surface area (Å²) in [5.74, 6) is -2.63. The van der Waals surface area contributed by atoms with E-state index in [9.17, 15) is 33.3 Å². The first-order valence-corrected chi connectivity index (χ1v) is 4.77. The summed E-state index contributed by atoms with van der Waals surface area (Å²) in [7, 11) is 0. The maximum Gasteiger partial charge on any atom is 0.452 e. The third-order valence-corrected chi connectivity index (χ3v) is 2.74. The number of rotatable bonds is 2. The summed E-state index contributed by atoms with van der Waals surface area (Å²) in [5, 5.41) is 36.8. The summed E-state index contributed by atoms with van der Waals surface area (Å²) in [6.45, 7) is -0.883. The minimum atomic E-state index is -5.42. The average Bonchev–Trinajstić information content (AvgIpc) is 2.28. The largest absolute Gasteiger partial charge is 0.452 e. The molecular formula is C8H12F3NO6. The Kier molecular flexibility index (Phi) is 4.00. The van der Waals surface area contributed by atoms with Crippen molar-refractivity contribution in [3.05, 3.63) is 0 Å². The number of hydrogen-bond acceptors (Lipinski definition) is 7. The van der Waals surface area contributed by atoms with Crippen LogP contribution in [0.5, 0.6) is 0 Å². The molecule has 1 saturated heterocycles. The molecule has 0 bridgehead atoms. The zero-order valence-electron chi connectivity index (χ0n) is 8.83. The summed E-state index contributed by atoms with van der Waals surface area (Å²) >= 11 is 0. The van der Waals surface area contributed by atoms with Crippen molar-refractivity contribution in [1.82, 2.24) is 0 Å². The molecule has 0 spiro atoms. The lowest BCUT2D eigenvalue weighted by atomic mass is 9.80. The van der Waals surface area contributed by atoms with Gasteiger partial charge in [-0.3, -0.25) is 4.79 Å². The van der Waals surface area contributed by atoms with Gasteiger partial charge in [0.1, 0.15) is 18.3 Å². The van der Waals surface area contributed by atoms with Gasteiger partial charge in [-0.1, -0.05) is 0 Å². The first-order valence-electron chi connectivity index (χ1n) is 4.77. The molecular weight excluding hydrogens is 263 g/mol. The van der Waals surface area contributed by atoms with Gasteiger partial charge in [0.05, 0.1) is 6.61 Å². The van der Waals surface area contributed by atoms with Gasteiger partial charge >= 0.3 is 6.18 Å². The molecule has 106 valence electrons. The Balaban J connectivity index is 3.11. The van der Waals surface area contributed by atoms with Gasteiger partial charge in [0, 0.05) is 0 Å². The monoisotopic (exact) mass is 275 g/mol. The Morgan fingerprint density at radius 3 is 2.22 bits per heavy atom. The van der Waals surface area contributed by atoms with E-state index in [4.69, 9.17) is 10.8 Å². The first kappa shape index (κ1) is 15.3. The SMILES string of the molecule is N[C@@]1(C(=O)C(F)(F)F)C(O)O[C@H](CO)[C@@H](O)[C@@H]1O. The number of ketones is 1. The Labute approximate surface area is 98.6 Å². The van der Waals surface area contributed by atoms with Crippen LogP contribution in [0.2, 0.25) is 0 Å². The van der Waals surface area contributed by atoms with Crippen LogP contribution in [0, 0.1) is 0 Å². The molecule has 5 atom stereocenters. The van der Waals surface area contributed by atoms with Crippen LogP contribution >= 0.6 is 0 Å². The summed E-state index contributed by atoms with van der Waals surface area (Å²) in [5.41, 5.74) is 1.80. The smallest absolute Gasteiger partial charge is 0.394 e. The van der Waals surface area contributed by atoms with Crippen molar-refractivity contribution in [2.45, 2.75) is 36.3 Å². The van der Waals surface area contributed by atoms with Crippen molar-refractivity contribution in [3.8, 4) is 0 Å². The Morgan fingerprint density at radius 1 is 1.33 bits per heavy atom. The molecule has 18 heavy (non-hydrogen) atoms. The van der Waals surface area contributed by atoms with Gasteiger partial charge in [-0.15, -0.1) is 0 Å². The van der Waals surface area contributed by atoms with Crippen LogP contribution in [-0.2, 0) is 9.53 Å². The maximum absolute atomic E-state index is 12.3. The number of halogens is 3. The highest BCUT2D eigenvalue weighted by atomic mass is 19.4. The molecule has 0 aliphatic carbocycles. The highest BCUT2D eigenvalue weighted by molar-refractivity contribution is 5.94. The van der Waals surface area contributed by atoms with Crippen LogP contribution in [0.4, 0.5) is 13.2 Å². The number of alkyl halides is 3. The fourth-order valence-electron chi connectivity index (χ4n) is 1.63. The van der Waals surface area contributed by atoms with Crippen molar-refractivity contribution in [2.75, 3.05) is 6.61 Å². The lowest BCUT2D eigenvalue weighted by Crippen LogP contribution is -2.76. The highest BCUT2D eigenvalue weighted by Crippen LogP contribution is 2.33. The number of aliphatic hydroxyl groups excluding tert-OH is 4. The highest BCUT2D eigenvalue weighted by Gasteiger charge is 2.63. The standard InChI is InChI=1S/C8H12F3NO6/c9-8(10,11)5(16)7(12)4(15)3(14)2(1-13)18-6(7)17/h2-4,6,13-15,17H,1,12H2/t2-,3-,4+,6?,7+/m1/s1. The molecule has 1 aliphatic rings. The van der Waals surface area contributed by atoms with Crippen LogP contribution in [0.15, 0.2) is 0 Å². The zero-order valence-corrected chi connectivity index (χ0v) is 8.83. The molecule has 1 aliphatic heterocycles. The molecule has 7 nitrogen and oxygen atoms in total. The molecule has 1 heterocycles. The van der Waals surface area contributed by atoms with E-state index in [-0.39, 0.29) is 0 Å². The molecule has 0 aromatic rings. The van der Waals surface area contributed by atoms with Crippen LogP contribution in [0.1, 0.15) is 0 Å². The van der Waals surface area contributed by atoms with E-state index in [1.54, 1.807) is 0 Å². The zero-order chi connectivity index (χ0) is 14.3. The molecule has 1 fully saturated rings. The van der Waals surface area contributed by atoms with E-state index in [1.165, 1.54) is 0 Å². The van der Waals surface area contributed by atoms with Gasteiger partial charge in [-0.25, -0.2) is 0 Å². The van der Waals surface area contributed by atoms with E-state index >= 15 is 0 Å². The summed E-state index contributed by atoms with van der Waals surface area (Å²) in [6, 6.07) is 0. The predicted molar refractivity (Wildman–Crippen MR) is 48.0 cm³/mol. The van der Waals surface area contributed by atoms with Gasteiger partial charge in [-0.2, -0.15) is 13.2 Å². The molecule has 1 rings (SSSR count). The number of hydrogen-bond donors (Lipinski definition) is 5. The van der Waals surface area contributed by atoms with Gasteiger partial charge in [0.2, 0.25) is 0 Å². The molecule has 0 aromatic heterocycles. The van der Waals surface area contributed by atoms with Crippen LogP contribution in [0.3, 0.4) is 0 Å². The normalized spacial score (nSPS) is 41.8. The van der Waals surface area contributed by atoms with Crippen LogP contribution < -0.4 is 5.73 Å². The molecule has 10 heteroatoms. The first-order chi connectivity index (χ1) is 8.06. The second kappa shape index (κ2) is 4.72. The number of carbonyl (C=O) groups is 1. The molecule has 0 aromatic carbocycles. The second-order valence-corrected chi connectivity index (χ2v) is 3.90. The molecule has 6 N–H and O–H groups in total. The van der Waals surface area contributed by atoms with E-state index < -0.39 is 48.7 Å². The number of carbonyl (C=O) groups excluding carboxylic acids is 1. The van der Waals surface area contributed by atoms with Crippen molar-refractivity contribution in [2.24, 2.45) is 5.73 Å². The minimum absolute atomic E-state index is 0.883. The second-order valence-electron chi connectivity index (χ2n) is 3.90. The molecule has 1 unspecified atom stereocenters. The van der Waals surface area contributed by atoms with Crippen molar-refractivity contribution >= 4 is 5.78 Å². The summed E-state index contributed by atoms with van der Waals surface area (Å²) in [4.78, 5) is 11.1. The van der Waals surface area contributed by atoms with E-state index in [0.29, 0.717) is 0 Å². The van der Waals surface area contributed by atoms with Gasteiger partial charge in [0.15, 0.2) is 11.8 Å². The third kappa shape index (κ3) is 2.22. The van der Waals surface area contributed by atoms with Gasteiger partial charge < -0.3 is 30.9 Å². The minimum Gasteiger partial charge on any atom is -0.394 e. The van der Waals surface area contributed by atoms with Crippen molar-refractivity contribution < 1.29 is 43.1 Å². The number of aliphatic hydroxyl groups is 4. The lowest BCUT2D eigenvalue weighted by molar-refractivity contribution is -0.279. The predicted octanol–water partition coefficient (Wildman–Crippen LogP) is -2.75. The number of ether oxygens (including phenoxy) is 1. The van der Waals surface area contributed by atoms with E-state index in [0.717, 1.165) is 0 Å². The quantitative estimate of drug-likeness (QED) is 0.369. The van der Waals surface area contributed by atoms with Crippen LogP contribution in [-0.4, -0.2) is 69.1 Å². The maximum atomic E-state index is 12.3. The van der Waals surface area contributed by atoms with Crippen LogP contribution in [0.25, 0.3) is 0 Å². The average molecular weight is 275 g/mol. The summed E-state index contributed by atoms with van der Waals surface area (Å²) in [6.07, 6.45) is -14.0. The Hall–Kier alpha value is -0.780. The van der Waals surface area contributed by atoms with Gasteiger partial charge in [0.25, 0.3) is 5.78 Å². The lowest BCUT2D eigenvalue weighted by Gasteiger charge is -2.45. The van der Waals surface area contributed by atoms with Crippen molar-refractivity contribution in [1.29, 1.82) is 0 Å². The molecule has 0 radical (unpaired) electrons. The topological polar surface area (TPSA) is 133 Å². The summed E-state index contributed by atoms with van der Waals surface area (Å²) < 4.78 is 41.3. The molecule has 0 saturated carbocycles. The molecule has 0 amide bonds. The van der Waals surface area contributed by atoms with Crippen molar-refractivity contribution in [3.63, 3.8) is 0 Å². The number of nitrogens with two attached hydrogens (primary N) is 1. The third-order valence-electron chi connectivity index (χ3n) is 2.74.